The lowest BCUT2D eigenvalue weighted by Crippen LogP contribution is -2.54. The van der Waals surface area contributed by atoms with Crippen LogP contribution in [0.1, 0.15) is 41.0 Å². The van der Waals surface area contributed by atoms with Gasteiger partial charge < -0.3 is 19.3 Å². The SMILES string of the molecule is CC(=O)C1=C(C)OC2(O)COC(OC(C)(C)C)C1C2. The first-order valence-corrected chi connectivity index (χ1v) is 6.54. The van der Waals surface area contributed by atoms with Crippen molar-refractivity contribution in [2.45, 2.75) is 58.7 Å². The van der Waals surface area contributed by atoms with Crippen LogP contribution in [0.15, 0.2) is 11.3 Å². The zero-order chi connectivity index (χ0) is 14.4. The number of Topliss-reactive ketones (excluding diaryl/α,β-unsaturated/α-hetero) is 1. The Morgan fingerprint density at radius 1 is 1.47 bits per heavy atom. The second kappa shape index (κ2) is 4.58. The van der Waals surface area contributed by atoms with E-state index in [2.05, 4.69) is 0 Å². The van der Waals surface area contributed by atoms with Gasteiger partial charge in [-0.1, -0.05) is 0 Å². The summed E-state index contributed by atoms with van der Waals surface area (Å²) in [7, 11) is 0. The van der Waals surface area contributed by atoms with Crippen molar-refractivity contribution in [1.29, 1.82) is 0 Å². The highest BCUT2D eigenvalue weighted by Gasteiger charge is 2.50. The van der Waals surface area contributed by atoms with Gasteiger partial charge in [0.2, 0.25) is 5.79 Å². The van der Waals surface area contributed by atoms with Gasteiger partial charge >= 0.3 is 0 Å². The van der Waals surface area contributed by atoms with E-state index in [-0.39, 0.29) is 23.9 Å². The van der Waals surface area contributed by atoms with E-state index in [0.29, 0.717) is 17.8 Å². The molecule has 2 rings (SSSR count). The molecule has 2 heterocycles. The second-order valence-corrected chi connectivity index (χ2v) is 6.29. The summed E-state index contributed by atoms with van der Waals surface area (Å²) in [6.07, 6.45) is -0.210. The third kappa shape index (κ3) is 2.99. The van der Waals surface area contributed by atoms with Gasteiger partial charge in [-0.05, 0) is 34.6 Å². The maximum atomic E-state index is 11.8. The number of aliphatic hydroxyl groups is 1. The molecule has 2 aliphatic heterocycles. The van der Waals surface area contributed by atoms with Crippen molar-refractivity contribution in [3.63, 3.8) is 0 Å². The summed E-state index contributed by atoms with van der Waals surface area (Å²) in [5, 5.41) is 10.2. The zero-order valence-electron chi connectivity index (χ0n) is 12.1. The van der Waals surface area contributed by atoms with Crippen LogP contribution in [0, 0.1) is 5.92 Å². The molecule has 0 spiro atoms. The van der Waals surface area contributed by atoms with Gasteiger partial charge in [0.25, 0.3) is 0 Å². The zero-order valence-corrected chi connectivity index (χ0v) is 12.1. The standard InChI is InChI=1S/C14H22O5/c1-8(15)11-9(2)18-14(16)6-10(11)12(17-7-14)19-13(3,4)5/h10,12,16H,6-7H2,1-5H3. The number of ether oxygens (including phenoxy) is 3. The Morgan fingerprint density at radius 2 is 2.11 bits per heavy atom. The first kappa shape index (κ1) is 14.5. The number of hydrogen-bond acceptors (Lipinski definition) is 5. The summed E-state index contributed by atoms with van der Waals surface area (Å²) >= 11 is 0. The first-order valence-electron chi connectivity index (χ1n) is 6.54. The van der Waals surface area contributed by atoms with Crippen molar-refractivity contribution in [2.24, 2.45) is 5.92 Å². The van der Waals surface area contributed by atoms with Crippen molar-refractivity contribution in [3.8, 4) is 0 Å². The molecule has 0 aromatic heterocycles. The maximum Gasteiger partial charge on any atom is 0.232 e. The molecule has 3 atom stereocenters. The third-order valence-corrected chi connectivity index (χ3v) is 3.28. The molecule has 2 bridgehead atoms. The Kier molecular flexibility index (Phi) is 3.49. The van der Waals surface area contributed by atoms with E-state index in [9.17, 15) is 9.90 Å². The van der Waals surface area contributed by atoms with Crippen LogP contribution >= 0.6 is 0 Å². The van der Waals surface area contributed by atoms with Gasteiger partial charge in [0.1, 0.15) is 12.4 Å². The smallest absolute Gasteiger partial charge is 0.232 e. The van der Waals surface area contributed by atoms with Crippen LogP contribution < -0.4 is 0 Å². The predicted molar refractivity (Wildman–Crippen MR) is 68.1 cm³/mol. The summed E-state index contributed by atoms with van der Waals surface area (Å²) in [6.45, 7) is 9.04. The summed E-state index contributed by atoms with van der Waals surface area (Å²) in [5.74, 6) is -1.23. The molecule has 5 nitrogen and oxygen atoms in total. The van der Waals surface area contributed by atoms with Crippen LogP contribution in [-0.2, 0) is 19.0 Å². The highest BCUT2D eigenvalue weighted by Crippen LogP contribution is 2.42. The molecule has 0 aliphatic carbocycles. The predicted octanol–water partition coefficient (Wildman–Crippen LogP) is 1.75. The number of hydrogen-bond donors (Lipinski definition) is 1. The fourth-order valence-corrected chi connectivity index (χ4v) is 2.71. The number of rotatable bonds is 2. The minimum Gasteiger partial charge on any atom is -0.464 e. The highest BCUT2D eigenvalue weighted by molar-refractivity contribution is 5.94. The normalized spacial score (nSPS) is 35.1. The van der Waals surface area contributed by atoms with Gasteiger partial charge in [-0.25, -0.2) is 0 Å². The molecule has 108 valence electrons. The third-order valence-electron chi connectivity index (χ3n) is 3.28. The van der Waals surface area contributed by atoms with Gasteiger partial charge in [-0.15, -0.1) is 0 Å². The van der Waals surface area contributed by atoms with Crippen molar-refractivity contribution < 1.29 is 24.1 Å². The number of carbonyl (C=O) groups excluding carboxylic acids is 1. The molecule has 1 fully saturated rings. The summed E-state index contributed by atoms with van der Waals surface area (Å²) in [5.41, 5.74) is 0.174. The first-order chi connectivity index (χ1) is 8.61. The quantitative estimate of drug-likeness (QED) is 0.828. The van der Waals surface area contributed by atoms with Gasteiger partial charge in [-0.2, -0.15) is 0 Å². The molecular weight excluding hydrogens is 248 g/mol. The van der Waals surface area contributed by atoms with Crippen molar-refractivity contribution in [3.05, 3.63) is 11.3 Å². The summed E-state index contributed by atoms with van der Waals surface area (Å²) in [4.78, 5) is 11.8. The van der Waals surface area contributed by atoms with E-state index in [1.165, 1.54) is 6.92 Å². The van der Waals surface area contributed by atoms with Crippen LogP contribution in [0.2, 0.25) is 0 Å². The Labute approximate surface area is 113 Å². The van der Waals surface area contributed by atoms with Gasteiger partial charge in [-0.3, -0.25) is 4.79 Å². The van der Waals surface area contributed by atoms with Crippen molar-refractivity contribution >= 4 is 5.78 Å². The molecule has 1 N–H and O–H groups in total. The molecule has 0 aromatic rings. The van der Waals surface area contributed by atoms with Crippen molar-refractivity contribution in [1.82, 2.24) is 0 Å². The van der Waals surface area contributed by atoms with Crippen molar-refractivity contribution in [2.75, 3.05) is 6.61 Å². The van der Waals surface area contributed by atoms with Crippen LogP contribution in [-0.4, -0.2) is 35.2 Å². The molecule has 2 aliphatic rings. The lowest BCUT2D eigenvalue weighted by atomic mass is 9.83. The van der Waals surface area contributed by atoms with E-state index in [1.54, 1.807) is 6.92 Å². The minimum absolute atomic E-state index is 0.0484. The topological polar surface area (TPSA) is 65.0 Å². The Balaban J connectivity index is 2.32. The van der Waals surface area contributed by atoms with Gasteiger partial charge in [0.05, 0.1) is 5.60 Å². The van der Waals surface area contributed by atoms with Crippen LogP contribution in [0.25, 0.3) is 0 Å². The highest BCUT2D eigenvalue weighted by atomic mass is 16.7. The molecule has 1 saturated heterocycles. The molecule has 0 aromatic carbocycles. The largest absolute Gasteiger partial charge is 0.464 e. The number of fused-ring (bicyclic) bond motifs is 2. The Bertz CT molecular complexity index is 420. The fourth-order valence-electron chi connectivity index (χ4n) is 2.71. The lowest BCUT2D eigenvalue weighted by Gasteiger charge is -2.46. The van der Waals surface area contributed by atoms with E-state index in [1.807, 2.05) is 20.8 Å². The summed E-state index contributed by atoms with van der Waals surface area (Å²) in [6, 6.07) is 0. The average molecular weight is 270 g/mol. The number of ketones is 1. The van der Waals surface area contributed by atoms with E-state index < -0.39 is 12.1 Å². The molecular formula is C14H22O5. The molecule has 3 unspecified atom stereocenters. The number of allylic oxidation sites excluding steroid dienone is 1. The monoisotopic (exact) mass is 270 g/mol. The van der Waals surface area contributed by atoms with Crippen LogP contribution in [0.5, 0.6) is 0 Å². The molecule has 0 radical (unpaired) electrons. The molecule has 0 amide bonds. The summed E-state index contributed by atoms with van der Waals surface area (Å²) < 4.78 is 16.9. The second-order valence-electron chi connectivity index (χ2n) is 6.29. The molecule has 5 heteroatoms. The average Bonchev–Trinajstić information content (AvgIpc) is 2.19. The Hall–Kier alpha value is -0.910. The van der Waals surface area contributed by atoms with E-state index in [4.69, 9.17) is 14.2 Å². The van der Waals surface area contributed by atoms with E-state index in [0.717, 1.165) is 0 Å². The van der Waals surface area contributed by atoms with Gasteiger partial charge in [0, 0.05) is 17.9 Å². The molecule has 19 heavy (non-hydrogen) atoms. The van der Waals surface area contributed by atoms with Crippen LogP contribution in [0.3, 0.4) is 0 Å². The lowest BCUT2D eigenvalue weighted by molar-refractivity contribution is -0.324. The van der Waals surface area contributed by atoms with Crippen LogP contribution in [0.4, 0.5) is 0 Å². The Morgan fingerprint density at radius 3 is 2.63 bits per heavy atom. The van der Waals surface area contributed by atoms with E-state index >= 15 is 0 Å². The minimum atomic E-state index is -1.34. The number of carbonyl (C=O) groups is 1. The fraction of sp³-hybridized carbons (Fsp3) is 0.786. The molecule has 0 saturated carbocycles. The van der Waals surface area contributed by atoms with Gasteiger partial charge in [0.15, 0.2) is 12.1 Å². The maximum absolute atomic E-state index is 11.8.